The maximum absolute atomic E-state index is 13.3. The Bertz CT molecular complexity index is 1050. The van der Waals surface area contributed by atoms with Crippen molar-refractivity contribution in [2.75, 3.05) is 33.4 Å². The van der Waals surface area contributed by atoms with Crippen LogP contribution in [-0.4, -0.2) is 60.9 Å². The first-order chi connectivity index (χ1) is 15.8. The lowest BCUT2D eigenvalue weighted by molar-refractivity contribution is -0.188. The van der Waals surface area contributed by atoms with Gasteiger partial charge in [0, 0.05) is 18.5 Å². The van der Waals surface area contributed by atoms with E-state index in [9.17, 15) is 19.6 Å². The number of likely N-dealkylation sites (tertiary alicyclic amines) is 1. The fourth-order valence-electron chi connectivity index (χ4n) is 5.05. The van der Waals surface area contributed by atoms with Gasteiger partial charge in [-0.1, -0.05) is 6.92 Å². The predicted molar refractivity (Wildman–Crippen MR) is 114 cm³/mol. The number of carbonyl (C=O) groups is 2. The molecule has 2 fully saturated rings. The minimum absolute atomic E-state index is 0.0107. The van der Waals surface area contributed by atoms with E-state index in [1.54, 1.807) is 19.9 Å². The Labute approximate surface area is 192 Å². The van der Waals surface area contributed by atoms with Crippen LogP contribution in [0.25, 0.3) is 0 Å². The summed E-state index contributed by atoms with van der Waals surface area (Å²) >= 11 is 0. The van der Waals surface area contributed by atoms with Crippen LogP contribution in [0.2, 0.25) is 0 Å². The zero-order chi connectivity index (χ0) is 23.8. The van der Waals surface area contributed by atoms with Gasteiger partial charge < -0.3 is 23.5 Å². The monoisotopic (exact) mass is 459 g/mol. The third-order valence-corrected chi connectivity index (χ3v) is 6.83. The van der Waals surface area contributed by atoms with Crippen molar-refractivity contribution < 1.29 is 28.5 Å². The summed E-state index contributed by atoms with van der Waals surface area (Å²) in [6.45, 7) is 5.12. The highest BCUT2D eigenvalue weighted by Crippen LogP contribution is 2.43. The molecule has 2 saturated heterocycles. The van der Waals surface area contributed by atoms with E-state index in [0.717, 1.165) is 13.0 Å². The number of esters is 2. The number of carbonyl (C=O) groups excluding carboxylic acids is 2. The van der Waals surface area contributed by atoms with Crippen LogP contribution in [0.15, 0.2) is 10.9 Å². The molecular weight excluding hydrogens is 430 g/mol. The predicted octanol–water partition coefficient (Wildman–Crippen LogP) is 1.13. The molecule has 0 aliphatic carbocycles. The van der Waals surface area contributed by atoms with Crippen LogP contribution in [0.5, 0.6) is 0 Å². The van der Waals surface area contributed by atoms with E-state index in [-0.39, 0.29) is 24.2 Å². The molecular formula is C23H29N3O7. The second kappa shape index (κ2) is 8.89. The van der Waals surface area contributed by atoms with Gasteiger partial charge in [-0.3, -0.25) is 14.5 Å². The number of fused-ring (bicyclic) bond motifs is 2. The second-order valence-corrected chi connectivity index (χ2v) is 8.55. The van der Waals surface area contributed by atoms with E-state index in [4.69, 9.17) is 18.9 Å². The molecule has 10 nitrogen and oxygen atoms in total. The van der Waals surface area contributed by atoms with E-state index in [2.05, 4.69) is 0 Å². The first kappa shape index (κ1) is 23.4. The van der Waals surface area contributed by atoms with E-state index in [0.29, 0.717) is 38.3 Å². The molecule has 1 aromatic heterocycles. The van der Waals surface area contributed by atoms with Crippen LogP contribution in [0.1, 0.15) is 56.4 Å². The lowest BCUT2D eigenvalue weighted by Gasteiger charge is -2.34. The summed E-state index contributed by atoms with van der Waals surface area (Å²) in [4.78, 5) is 41.7. The molecule has 0 N–H and O–H groups in total. The number of nitrogens with zero attached hydrogens (tertiary/aromatic N) is 3. The van der Waals surface area contributed by atoms with Crippen molar-refractivity contribution in [2.24, 2.45) is 0 Å². The van der Waals surface area contributed by atoms with Gasteiger partial charge in [-0.25, -0.2) is 4.79 Å². The Morgan fingerprint density at radius 2 is 2.03 bits per heavy atom. The zero-order valence-electron chi connectivity index (χ0n) is 19.2. The van der Waals surface area contributed by atoms with E-state index in [1.165, 1.54) is 4.57 Å². The summed E-state index contributed by atoms with van der Waals surface area (Å²) < 4.78 is 24.4. The third kappa shape index (κ3) is 3.64. The molecule has 3 aliphatic rings. The second-order valence-electron chi connectivity index (χ2n) is 8.55. The van der Waals surface area contributed by atoms with Crippen LogP contribution in [-0.2, 0) is 46.5 Å². The smallest absolute Gasteiger partial charge is 0.355 e. The Morgan fingerprint density at radius 1 is 1.30 bits per heavy atom. The Kier molecular flexibility index (Phi) is 6.31. The molecule has 3 aliphatic heterocycles. The number of hydrogen-bond donors (Lipinski definition) is 0. The SMILES string of the molecule is CCOC(=O)[C@@](CC)(OC(=O)C1CCCN1C)c1cc2n(c(=O)c1C#N)CCC21OCCO1. The van der Waals surface area contributed by atoms with Crippen molar-refractivity contribution in [1.82, 2.24) is 9.47 Å². The first-order valence-electron chi connectivity index (χ1n) is 11.4. The lowest BCUT2D eigenvalue weighted by Crippen LogP contribution is -2.47. The van der Waals surface area contributed by atoms with Crippen LogP contribution in [0.3, 0.4) is 0 Å². The number of rotatable bonds is 6. The minimum Gasteiger partial charge on any atom is -0.463 e. The van der Waals surface area contributed by atoms with E-state index >= 15 is 0 Å². The minimum atomic E-state index is -1.95. The molecule has 178 valence electrons. The Balaban J connectivity index is 1.89. The molecule has 2 atom stereocenters. The average molecular weight is 459 g/mol. The van der Waals surface area contributed by atoms with Crippen molar-refractivity contribution in [3.8, 4) is 6.07 Å². The van der Waals surface area contributed by atoms with E-state index in [1.807, 2.05) is 18.0 Å². The lowest BCUT2D eigenvalue weighted by atomic mass is 9.86. The molecule has 0 bridgehead atoms. The Morgan fingerprint density at radius 3 is 2.61 bits per heavy atom. The van der Waals surface area contributed by atoms with Crippen molar-refractivity contribution in [2.45, 2.75) is 63.5 Å². The van der Waals surface area contributed by atoms with Gasteiger partial charge >= 0.3 is 11.9 Å². The van der Waals surface area contributed by atoms with Crippen molar-refractivity contribution >= 4 is 11.9 Å². The molecule has 0 saturated carbocycles. The number of nitriles is 1. The van der Waals surface area contributed by atoms with Gasteiger partial charge in [-0.05, 0) is 45.8 Å². The van der Waals surface area contributed by atoms with Gasteiger partial charge in [0.05, 0.1) is 25.5 Å². The maximum atomic E-state index is 13.3. The average Bonchev–Trinajstić information content (AvgIpc) is 3.54. The van der Waals surface area contributed by atoms with Crippen LogP contribution in [0, 0.1) is 11.3 Å². The molecule has 10 heteroatoms. The molecule has 4 heterocycles. The summed E-state index contributed by atoms with van der Waals surface area (Å²) in [5.41, 5.74) is -2.35. The van der Waals surface area contributed by atoms with Crippen molar-refractivity contribution in [3.63, 3.8) is 0 Å². The summed E-state index contributed by atoms with van der Waals surface area (Å²) in [6.07, 6.45) is 1.82. The highest BCUT2D eigenvalue weighted by Gasteiger charge is 2.52. The molecule has 33 heavy (non-hydrogen) atoms. The number of pyridine rings is 1. The van der Waals surface area contributed by atoms with Crippen LogP contribution in [0.4, 0.5) is 0 Å². The van der Waals surface area contributed by atoms with Gasteiger partial charge in [-0.2, -0.15) is 5.26 Å². The topological polar surface area (TPSA) is 120 Å². The highest BCUT2D eigenvalue weighted by atomic mass is 16.7. The fourth-order valence-corrected chi connectivity index (χ4v) is 5.05. The molecule has 0 amide bonds. The standard InChI is InChI=1S/C23H29N3O7/c1-4-22(21(29)30-5-2,33-20(28)17-7-6-9-25(17)3)16-13-18-23(31-11-12-32-23)8-10-26(18)19(27)15(16)14-24/h13,17H,4-12H2,1-3H3/t17?,22-/m0/s1. The molecule has 1 spiro atoms. The number of ether oxygens (including phenoxy) is 4. The molecule has 0 aromatic carbocycles. The molecule has 4 rings (SSSR count). The van der Waals surface area contributed by atoms with Crippen LogP contribution < -0.4 is 5.56 Å². The van der Waals surface area contributed by atoms with Gasteiger partial charge in [0.25, 0.3) is 5.56 Å². The van der Waals surface area contributed by atoms with Crippen molar-refractivity contribution in [3.05, 3.63) is 33.2 Å². The summed E-state index contributed by atoms with van der Waals surface area (Å²) in [5, 5.41) is 9.92. The summed E-state index contributed by atoms with van der Waals surface area (Å²) in [7, 11) is 1.82. The van der Waals surface area contributed by atoms with Crippen molar-refractivity contribution in [1.29, 1.82) is 5.26 Å². The summed E-state index contributed by atoms with van der Waals surface area (Å²) in [5.74, 6) is -2.52. The largest absolute Gasteiger partial charge is 0.463 e. The van der Waals surface area contributed by atoms with Gasteiger partial charge in [0.2, 0.25) is 11.4 Å². The first-order valence-corrected chi connectivity index (χ1v) is 11.4. The number of likely N-dealkylation sites (N-methyl/N-ethyl adjacent to an activating group) is 1. The maximum Gasteiger partial charge on any atom is 0.355 e. The fraction of sp³-hybridized carbons (Fsp3) is 0.652. The summed E-state index contributed by atoms with van der Waals surface area (Å²) in [6, 6.07) is 2.97. The number of aromatic nitrogens is 1. The normalized spacial score (nSPS) is 23.2. The van der Waals surface area contributed by atoms with Crippen LogP contribution >= 0.6 is 0 Å². The quantitative estimate of drug-likeness (QED) is 0.577. The zero-order valence-corrected chi connectivity index (χ0v) is 19.2. The van der Waals surface area contributed by atoms with Gasteiger partial charge in [0.1, 0.15) is 17.7 Å². The van der Waals surface area contributed by atoms with Gasteiger partial charge in [-0.15, -0.1) is 0 Å². The molecule has 1 aromatic rings. The van der Waals surface area contributed by atoms with Gasteiger partial charge in [0.15, 0.2) is 0 Å². The van der Waals surface area contributed by atoms with E-state index < -0.39 is 34.9 Å². The number of hydrogen-bond acceptors (Lipinski definition) is 9. The highest BCUT2D eigenvalue weighted by molar-refractivity contribution is 5.87. The molecule has 1 unspecified atom stereocenters. The third-order valence-electron chi connectivity index (χ3n) is 6.83. The Hall–Kier alpha value is -2.74. The molecule has 0 radical (unpaired) electrons.